The lowest BCUT2D eigenvalue weighted by Gasteiger charge is -2.14. The highest BCUT2D eigenvalue weighted by Crippen LogP contribution is 2.37. The number of rotatable bonds is 5. The summed E-state index contributed by atoms with van der Waals surface area (Å²) < 4.78 is 5.66. The van der Waals surface area contributed by atoms with Gasteiger partial charge in [0.05, 0.1) is 11.6 Å². The highest BCUT2D eigenvalue weighted by Gasteiger charge is 2.12. The second-order valence-electron chi connectivity index (χ2n) is 3.53. The standard InChI is InChI=1S/C12H16BrNO2.ClH/c1-3-4-5-10(14)8-6-9(13)12(15)11(7-8)16-2;/h3,6-7,10,15H,1,4-5,14H2,2H3;1H/t10-;/m0./s1. The zero-order valence-electron chi connectivity index (χ0n) is 9.65. The predicted octanol–water partition coefficient (Wildman–Crippen LogP) is 3.55. The minimum Gasteiger partial charge on any atom is -0.503 e. The van der Waals surface area contributed by atoms with Crippen LogP contribution in [0.2, 0.25) is 0 Å². The maximum atomic E-state index is 9.65. The fraction of sp³-hybridized carbons (Fsp3) is 0.333. The Morgan fingerprint density at radius 3 is 2.76 bits per heavy atom. The predicted molar refractivity (Wildman–Crippen MR) is 76.0 cm³/mol. The molecule has 0 fully saturated rings. The molecule has 1 rings (SSSR count). The molecule has 0 spiro atoms. The van der Waals surface area contributed by atoms with Gasteiger partial charge in [-0.1, -0.05) is 6.08 Å². The first-order valence-corrected chi connectivity index (χ1v) is 5.82. The molecule has 0 saturated carbocycles. The van der Waals surface area contributed by atoms with Crippen LogP contribution in [0, 0.1) is 0 Å². The number of hydrogen-bond acceptors (Lipinski definition) is 3. The molecule has 0 aliphatic carbocycles. The molecule has 5 heteroatoms. The van der Waals surface area contributed by atoms with Gasteiger partial charge in [-0.15, -0.1) is 19.0 Å². The first kappa shape index (κ1) is 16.3. The van der Waals surface area contributed by atoms with E-state index in [4.69, 9.17) is 10.5 Å². The van der Waals surface area contributed by atoms with Crippen LogP contribution in [0.1, 0.15) is 24.4 Å². The number of aromatic hydroxyl groups is 1. The molecule has 0 aromatic heterocycles. The fourth-order valence-electron chi connectivity index (χ4n) is 1.43. The van der Waals surface area contributed by atoms with Gasteiger partial charge in [-0.25, -0.2) is 0 Å². The van der Waals surface area contributed by atoms with Crippen molar-refractivity contribution in [2.24, 2.45) is 5.73 Å². The van der Waals surface area contributed by atoms with Crippen LogP contribution in [0.3, 0.4) is 0 Å². The maximum absolute atomic E-state index is 9.65. The molecule has 0 amide bonds. The fourth-order valence-corrected chi connectivity index (χ4v) is 1.89. The van der Waals surface area contributed by atoms with Gasteiger partial charge in [0, 0.05) is 6.04 Å². The van der Waals surface area contributed by atoms with E-state index in [1.54, 1.807) is 6.07 Å². The van der Waals surface area contributed by atoms with E-state index in [2.05, 4.69) is 22.5 Å². The minimum atomic E-state index is -0.0798. The first-order chi connectivity index (χ1) is 7.60. The zero-order chi connectivity index (χ0) is 12.1. The Labute approximate surface area is 116 Å². The smallest absolute Gasteiger partial charge is 0.172 e. The van der Waals surface area contributed by atoms with Gasteiger partial charge in [-0.05, 0) is 46.5 Å². The molecular formula is C12H17BrClNO2. The molecule has 17 heavy (non-hydrogen) atoms. The van der Waals surface area contributed by atoms with Gasteiger partial charge in [0.1, 0.15) is 0 Å². The van der Waals surface area contributed by atoms with E-state index >= 15 is 0 Å². The van der Waals surface area contributed by atoms with Crippen LogP contribution in [0.4, 0.5) is 0 Å². The quantitative estimate of drug-likeness (QED) is 0.815. The van der Waals surface area contributed by atoms with Gasteiger partial charge in [-0.3, -0.25) is 0 Å². The number of halogens is 2. The second kappa shape index (κ2) is 7.58. The number of nitrogens with two attached hydrogens (primary N) is 1. The van der Waals surface area contributed by atoms with Crippen LogP contribution in [0.25, 0.3) is 0 Å². The summed E-state index contributed by atoms with van der Waals surface area (Å²) in [5, 5.41) is 9.65. The number of phenols is 1. The summed E-state index contributed by atoms with van der Waals surface area (Å²) in [5.74, 6) is 0.528. The molecular weight excluding hydrogens is 305 g/mol. The third-order valence-electron chi connectivity index (χ3n) is 2.38. The van der Waals surface area contributed by atoms with Crippen molar-refractivity contribution in [1.82, 2.24) is 0 Å². The van der Waals surface area contributed by atoms with Gasteiger partial charge in [0.25, 0.3) is 0 Å². The third kappa shape index (κ3) is 4.22. The summed E-state index contributed by atoms with van der Waals surface area (Å²) in [5.41, 5.74) is 6.95. The molecule has 0 bridgehead atoms. The van der Waals surface area contributed by atoms with Crippen molar-refractivity contribution in [3.63, 3.8) is 0 Å². The van der Waals surface area contributed by atoms with Crippen LogP contribution in [-0.2, 0) is 0 Å². The summed E-state index contributed by atoms with van der Waals surface area (Å²) in [6.07, 6.45) is 3.53. The van der Waals surface area contributed by atoms with Crippen molar-refractivity contribution in [3.8, 4) is 11.5 Å². The molecule has 0 heterocycles. The number of phenolic OH excluding ortho intramolecular Hbond substituents is 1. The zero-order valence-corrected chi connectivity index (χ0v) is 12.1. The third-order valence-corrected chi connectivity index (χ3v) is 2.99. The number of ether oxygens (including phenoxy) is 1. The number of allylic oxidation sites excluding steroid dienone is 1. The van der Waals surface area contributed by atoms with Crippen molar-refractivity contribution >= 4 is 28.3 Å². The van der Waals surface area contributed by atoms with Crippen molar-refractivity contribution in [1.29, 1.82) is 0 Å². The van der Waals surface area contributed by atoms with E-state index in [-0.39, 0.29) is 24.2 Å². The Hall–Kier alpha value is -0.710. The van der Waals surface area contributed by atoms with E-state index < -0.39 is 0 Å². The Morgan fingerprint density at radius 2 is 2.24 bits per heavy atom. The second-order valence-corrected chi connectivity index (χ2v) is 4.38. The number of methoxy groups -OCH3 is 1. The molecule has 0 saturated heterocycles. The lowest BCUT2D eigenvalue weighted by atomic mass is 10.0. The molecule has 3 N–H and O–H groups in total. The normalized spacial score (nSPS) is 11.5. The highest BCUT2D eigenvalue weighted by atomic mass is 79.9. The topological polar surface area (TPSA) is 55.5 Å². The van der Waals surface area contributed by atoms with Gasteiger partial charge >= 0.3 is 0 Å². The monoisotopic (exact) mass is 321 g/mol. The number of benzene rings is 1. The van der Waals surface area contributed by atoms with Crippen LogP contribution >= 0.6 is 28.3 Å². The van der Waals surface area contributed by atoms with Crippen molar-refractivity contribution in [2.45, 2.75) is 18.9 Å². The van der Waals surface area contributed by atoms with E-state index in [0.29, 0.717) is 10.2 Å². The van der Waals surface area contributed by atoms with E-state index in [1.165, 1.54) is 7.11 Å². The molecule has 0 aliphatic heterocycles. The largest absolute Gasteiger partial charge is 0.503 e. The average molecular weight is 323 g/mol. The Bertz CT molecular complexity index is 385. The maximum Gasteiger partial charge on any atom is 0.172 e. The van der Waals surface area contributed by atoms with Gasteiger partial charge in [0.2, 0.25) is 0 Å². The summed E-state index contributed by atoms with van der Waals surface area (Å²) in [6, 6.07) is 3.49. The van der Waals surface area contributed by atoms with E-state index in [0.717, 1.165) is 18.4 Å². The summed E-state index contributed by atoms with van der Waals surface area (Å²) in [7, 11) is 1.51. The summed E-state index contributed by atoms with van der Waals surface area (Å²) >= 11 is 3.27. The van der Waals surface area contributed by atoms with Gasteiger partial charge in [0.15, 0.2) is 11.5 Å². The summed E-state index contributed by atoms with van der Waals surface area (Å²) in [4.78, 5) is 0. The molecule has 3 nitrogen and oxygen atoms in total. The molecule has 1 atom stereocenters. The lowest BCUT2D eigenvalue weighted by molar-refractivity contribution is 0.371. The van der Waals surface area contributed by atoms with E-state index in [9.17, 15) is 5.11 Å². The van der Waals surface area contributed by atoms with E-state index in [1.807, 2.05) is 12.1 Å². The molecule has 1 aromatic carbocycles. The highest BCUT2D eigenvalue weighted by molar-refractivity contribution is 9.10. The van der Waals surface area contributed by atoms with Gasteiger partial charge in [-0.2, -0.15) is 0 Å². The lowest BCUT2D eigenvalue weighted by Crippen LogP contribution is -2.10. The van der Waals surface area contributed by atoms with Crippen LogP contribution < -0.4 is 10.5 Å². The molecule has 0 radical (unpaired) electrons. The molecule has 96 valence electrons. The van der Waals surface area contributed by atoms with Crippen LogP contribution in [-0.4, -0.2) is 12.2 Å². The molecule has 0 aliphatic rings. The first-order valence-electron chi connectivity index (χ1n) is 5.03. The van der Waals surface area contributed by atoms with Crippen LogP contribution in [0.5, 0.6) is 11.5 Å². The number of hydrogen-bond donors (Lipinski definition) is 2. The SMILES string of the molecule is C=CCC[C@H](N)c1cc(Br)c(O)c(OC)c1.Cl. The van der Waals surface area contributed by atoms with Crippen molar-refractivity contribution in [3.05, 3.63) is 34.8 Å². The summed E-state index contributed by atoms with van der Waals surface area (Å²) in [6.45, 7) is 3.66. The average Bonchev–Trinajstić information content (AvgIpc) is 2.29. The van der Waals surface area contributed by atoms with Crippen molar-refractivity contribution in [2.75, 3.05) is 7.11 Å². The van der Waals surface area contributed by atoms with Crippen LogP contribution in [0.15, 0.2) is 29.3 Å². The molecule has 0 unspecified atom stereocenters. The Morgan fingerprint density at radius 1 is 1.59 bits per heavy atom. The molecule has 1 aromatic rings. The van der Waals surface area contributed by atoms with Crippen molar-refractivity contribution < 1.29 is 9.84 Å². The van der Waals surface area contributed by atoms with Gasteiger partial charge < -0.3 is 15.6 Å². The Balaban J connectivity index is 0.00000256. The Kier molecular flexibility index (Phi) is 7.27. The minimum absolute atomic E-state index is 0.